The van der Waals surface area contributed by atoms with Crippen molar-refractivity contribution in [2.45, 2.75) is 33.3 Å². The standard InChI is InChI=1S/C14H19NO2/c1-6-7-8-12-10-15(9-11(12)2)13(16)17-14(3,4)5/h6-10H,1H2,2-5H3. The van der Waals surface area contributed by atoms with Crippen molar-refractivity contribution in [1.82, 2.24) is 4.57 Å². The van der Waals surface area contributed by atoms with E-state index >= 15 is 0 Å². The molecule has 0 fully saturated rings. The Morgan fingerprint density at radius 1 is 1.41 bits per heavy atom. The van der Waals surface area contributed by atoms with Crippen molar-refractivity contribution in [2.24, 2.45) is 0 Å². The molecule has 0 spiro atoms. The van der Waals surface area contributed by atoms with Crippen LogP contribution in [0.4, 0.5) is 4.79 Å². The Morgan fingerprint density at radius 2 is 2.06 bits per heavy atom. The number of aryl methyl sites for hydroxylation is 1. The quantitative estimate of drug-likeness (QED) is 0.728. The monoisotopic (exact) mass is 233 g/mol. The molecular formula is C14H19NO2. The Morgan fingerprint density at radius 3 is 2.59 bits per heavy atom. The summed E-state index contributed by atoms with van der Waals surface area (Å²) in [6.45, 7) is 11.1. The minimum Gasteiger partial charge on any atom is -0.443 e. The lowest BCUT2D eigenvalue weighted by Crippen LogP contribution is -2.26. The van der Waals surface area contributed by atoms with E-state index in [1.165, 1.54) is 4.57 Å². The minimum atomic E-state index is -0.480. The van der Waals surface area contributed by atoms with Gasteiger partial charge in [-0.15, -0.1) is 0 Å². The van der Waals surface area contributed by atoms with E-state index in [-0.39, 0.29) is 6.09 Å². The minimum absolute atomic E-state index is 0.362. The molecule has 0 saturated heterocycles. The molecule has 1 aromatic rings. The van der Waals surface area contributed by atoms with Crippen molar-refractivity contribution in [1.29, 1.82) is 0 Å². The van der Waals surface area contributed by atoms with Gasteiger partial charge < -0.3 is 4.74 Å². The second-order valence-corrected chi connectivity index (χ2v) is 4.88. The maximum atomic E-state index is 11.8. The molecule has 0 saturated carbocycles. The highest BCUT2D eigenvalue weighted by Crippen LogP contribution is 2.14. The number of rotatable bonds is 2. The van der Waals surface area contributed by atoms with Crippen molar-refractivity contribution >= 4 is 12.2 Å². The van der Waals surface area contributed by atoms with Gasteiger partial charge in [0.1, 0.15) is 5.60 Å². The van der Waals surface area contributed by atoms with Crippen LogP contribution in [0.3, 0.4) is 0 Å². The SMILES string of the molecule is C=CC=Cc1cn(C(=O)OC(C)(C)C)cc1C. The maximum Gasteiger partial charge on any atom is 0.418 e. The topological polar surface area (TPSA) is 31.2 Å². The molecule has 0 amide bonds. The number of carbonyl (C=O) groups excluding carboxylic acids is 1. The summed E-state index contributed by atoms with van der Waals surface area (Å²) in [5.74, 6) is 0. The maximum absolute atomic E-state index is 11.8. The van der Waals surface area contributed by atoms with Gasteiger partial charge in [-0.1, -0.05) is 24.8 Å². The molecule has 92 valence electrons. The first-order valence-electron chi connectivity index (χ1n) is 5.54. The van der Waals surface area contributed by atoms with Crippen molar-refractivity contribution in [3.63, 3.8) is 0 Å². The first-order valence-corrected chi connectivity index (χ1v) is 5.54. The van der Waals surface area contributed by atoms with Crippen molar-refractivity contribution in [3.8, 4) is 0 Å². The molecule has 0 aliphatic carbocycles. The van der Waals surface area contributed by atoms with Gasteiger partial charge in [0.25, 0.3) is 0 Å². The third kappa shape index (κ3) is 3.94. The van der Waals surface area contributed by atoms with Gasteiger partial charge in [-0.05, 0) is 38.8 Å². The lowest BCUT2D eigenvalue weighted by Gasteiger charge is -2.19. The third-order valence-corrected chi connectivity index (χ3v) is 2.08. The van der Waals surface area contributed by atoms with Crippen LogP contribution in [0, 0.1) is 6.92 Å². The normalized spacial score (nSPS) is 11.8. The van der Waals surface area contributed by atoms with E-state index in [1.54, 1.807) is 18.5 Å². The van der Waals surface area contributed by atoms with E-state index in [2.05, 4.69) is 6.58 Å². The summed E-state index contributed by atoms with van der Waals surface area (Å²) in [4.78, 5) is 11.8. The molecule has 0 bridgehead atoms. The zero-order valence-corrected chi connectivity index (χ0v) is 10.9. The van der Waals surface area contributed by atoms with Crippen LogP contribution < -0.4 is 0 Å². The smallest absolute Gasteiger partial charge is 0.418 e. The van der Waals surface area contributed by atoms with Gasteiger partial charge in [0, 0.05) is 12.4 Å². The molecule has 1 aromatic heterocycles. The summed E-state index contributed by atoms with van der Waals surface area (Å²) in [5, 5.41) is 0. The summed E-state index contributed by atoms with van der Waals surface area (Å²) in [6.07, 6.45) is 8.59. The van der Waals surface area contributed by atoms with Crippen molar-refractivity contribution < 1.29 is 9.53 Å². The molecule has 0 radical (unpaired) electrons. The Hall–Kier alpha value is -1.77. The number of nitrogens with zero attached hydrogens (tertiary/aromatic N) is 1. The fourth-order valence-corrected chi connectivity index (χ4v) is 1.34. The molecule has 3 heteroatoms. The number of allylic oxidation sites excluding steroid dienone is 2. The number of hydrogen-bond acceptors (Lipinski definition) is 2. The second-order valence-electron chi connectivity index (χ2n) is 4.88. The number of aromatic nitrogens is 1. The van der Waals surface area contributed by atoms with Crippen LogP contribution in [0.1, 0.15) is 31.9 Å². The van der Waals surface area contributed by atoms with Crippen LogP contribution in [0.15, 0.2) is 31.1 Å². The number of carbonyl (C=O) groups is 1. The Balaban J connectivity index is 2.90. The largest absolute Gasteiger partial charge is 0.443 e. The lowest BCUT2D eigenvalue weighted by atomic mass is 10.2. The van der Waals surface area contributed by atoms with Gasteiger partial charge in [0.2, 0.25) is 0 Å². The number of hydrogen-bond donors (Lipinski definition) is 0. The Kier molecular flexibility index (Phi) is 3.94. The van der Waals surface area contributed by atoms with E-state index in [0.29, 0.717) is 0 Å². The number of ether oxygens (including phenoxy) is 1. The highest BCUT2D eigenvalue weighted by molar-refractivity contribution is 5.73. The Labute approximate surface area is 102 Å². The Bertz CT molecular complexity index is 447. The molecule has 1 rings (SSSR count). The predicted molar refractivity (Wildman–Crippen MR) is 70.0 cm³/mol. The molecule has 0 N–H and O–H groups in total. The van der Waals surface area contributed by atoms with Crippen LogP contribution >= 0.6 is 0 Å². The van der Waals surface area contributed by atoms with Crippen LogP contribution in [0.2, 0.25) is 0 Å². The molecule has 3 nitrogen and oxygen atoms in total. The summed E-state index contributed by atoms with van der Waals surface area (Å²) in [5.41, 5.74) is 1.52. The van der Waals surface area contributed by atoms with Crippen LogP contribution in [-0.4, -0.2) is 16.3 Å². The van der Waals surface area contributed by atoms with Crippen LogP contribution in [0.5, 0.6) is 0 Å². The van der Waals surface area contributed by atoms with E-state index < -0.39 is 5.60 Å². The van der Waals surface area contributed by atoms with E-state index in [4.69, 9.17) is 4.74 Å². The van der Waals surface area contributed by atoms with Crippen LogP contribution in [0.25, 0.3) is 6.08 Å². The average Bonchev–Trinajstić information content (AvgIpc) is 2.54. The second kappa shape index (κ2) is 5.04. The summed E-state index contributed by atoms with van der Waals surface area (Å²) < 4.78 is 6.74. The first kappa shape index (κ1) is 13.3. The summed E-state index contributed by atoms with van der Waals surface area (Å²) in [6, 6.07) is 0. The zero-order chi connectivity index (χ0) is 13.1. The van der Waals surface area contributed by atoms with Gasteiger partial charge in [0.15, 0.2) is 0 Å². The fraction of sp³-hybridized carbons (Fsp3) is 0.357. The van der Waals surface area contributed by atoms with Gasteiger partial charge in [-0.3, -0.25) is 4.57 Å². The van der Waals surface area contributed by atoms with Gasteiger partial charge >= 0.3 is 6.09 Å². The highest BCUT2D eigenvalue weighted by atomic mass is 16.6. The van der Waals surface area contributed by atoms with E-state index in [9.17, 15) is 4.79 Å². The summed E-state index contributed by atoms with van der Waals surface area (Å²) >= 11 is 0. The highest BCUT2D eigenvalue weighted by Gasteiger charge is 2.17. The molecule has 0 aliphatic rings. The summed E-state index contributed by atoms with van der Waals surface area (Å²) in [7, 11) is 0. The van der Waals surface area contributed by atoms with E-state index in [1.807, 2.05) is 39.8 Å². The van der Waals surface area contributed by atoms with Crippen molar-refractivity contribution in [2.75, 3.05) is 0 Å². The molecule has 1 heterocycles. The molecule has 0 atom stereocenters. The van der Waals surface area contributed by atoms with Crippen molar-refractivity contribution in [3.05, 3.63) is 42.3 Å². The molecule has 0 unspecified atom stereocenters. The van der Waals surface area contributed by atoms with Gasteiger partial charge in [-0.2, -0.15) is 0 Å². The van der Waals surface area contributed by atoms with Gasteiger partial charge in [-0.25, -0.2) is 4.79 Å². The average molecular weight is 233 g/mol. The fourth-order valence-electron chi connectivity index (χ4n) is 1.34. The van der Waals surface area contributed by atoms with Gasteiger partial charge in [0.05, 0.1) is 0 Å². The molecule has 0 aromatic carbocycles. The van der Waals surface area contributed by atoms with E-state index in [0.717, 1.165) is 11.1 Å². The third-order valence-electron chi connectivity index (χ3n) is 2.08. The predicted octanol–water partition coefficient (Wildman–Crippen LogP) is 3.78. The first-order chi connectivity index (χ1) is 7.83. The molecular weight excluding hydrogens is 214 g/mol. The molecule has 17 heavy (non-hydrogen) atoms. The zero-order valence-electron chi connectivity index (χ0n) is 10.9. The molecule has 0 aliphatic heterocycles. The lowest BCUT2D eigenvalue weighted by molar-refractivity contribution is 0.0537. The van der Waals surface area contributed by atoms with Crippen LogP contribution in [-0.2, 0) is 4.74 Å².